The average Bonchev–Trinajstić information content (AvgIpc) is 3.69. The van der Waals surface area contributed by atoms with Gasteiger partial charge in [-0.2, -0.15) is 0 Å². The Kier molecular flexibility index (Phi) is 7.25. The molecule has 1 saturated heterocycles. The Bertz CT molecular complexity index is 2340. The Morgan fingerprint density at radius 3 is 2.62 bits per heavy atom. The van der Waals surface area contributed by atoms with Crippen LogP contribution in [0.15, 0.2) is 107 Å². The summed E-state index contributed by atoms with van der Waals surface area (Å²) in [7, 11) is 0. The number of amides is 1. The van der Waals surface area contributed by atoms with Gasteiger partial charge in [0.05, 0.1) is 26.0 Å². The van der Waals surface area contributed by atoms with Crippen LogP contribution in [0.4, 0.5) is 10.1 Å². The van der Waals surface area contributed by atoms with E-state index >= 15 is 0 Å². The molecule has 240 valence electrons. The molecular formula is C37H31FN6O4. The predicted molar refractivity (Wildman–Crippen MR) is 181 cm³/mol. The lowest BCUT2D eigenvalue weighted by Gasteiger charge is -2.34. The molecule has 10 nitrogen and oxygen atoms in total. The van der Waals surface area contributed by atoms with Gasteiger partial charge in [0.2, 0.25) is 5.91 Å². The third-order valence-electron chi connectivity index (χ3n) is 8.90. The fourth-order valence-electron chi connectivity index (χ4n) is 6.18. The summed E-state index contributed by atoms with van der Waals surface area (Å²) in [5.74, 6) is -0.0778. The first kappa shape index (κ1) is 29.6. The van der Waals surface area contributed by atoms with Crippen molar-refractivity contribution in [3.05, 3.63) is 125 Å². The molecule has 1 amide bonds. The van der Waals surface area contributed by atoms with Crippen LogP contribution in [0.5, 0.6) is 0 Å². The third kappa shape index (κ3) is 5.37. The molecule has 3 N–H and O–H groups in total. The highest BCUT2D eigenvalue weighted by Gasteiger charge is 2.40. The number of H-pyrrole nitrogens is 1. The van der Waals surface area contributed by atoms with Crippen molar-refractivity contribution in [2.24, 2.45) is 0 Å². The van der Waals surface area contributed by atoms with E-state index in [0.717, 1.165) is 44.1 Å². The number of para-hydroxylation sites is 1. The third-order valence-corrected chi connectivity index (χ3v) is 8.90. The fraction of sp³-hybridized carbons (Fsp3) is 0.189. The minimum atomic E-state index is -1.53. The zero-order valence-electron chi connectivity index (χ0n) is 26.0. The maximum atomic E-state index is 15.0. The number of pyridine rings is 1. The first-order valence-corrected chi connectivity index (χ1v) is 15.7. The van der Waals surface area contributed by atoms with Crippen molar-refractivity contribution in [3.63, 3.8) is 0 Å². The summed E-state index contributed by atoms with van der Waals surface area (Å²) in [6.07, 6.45) is 4.93. The Hall–Kier alpha value is -5.81. The first-order chi connectivity index (χ1) is 23.3. The highest BCUT2D eigenvalue weighted by Crippen LogP contribution is 2.35. The van der Waals surface area contributed by atoms with Gasteiger partial charge in [0, 0.05) is 51.4 Å². The number of furan rings is 1. The number of hydrogen-bond donors (Lipinski definition) is 3. The molecule has 11 heteroatoms. The fourth-order valence-corrected chi connectivity index (χ4v) is 6.18. The summed E-state index contributed by atoms with van der Waals surface area (Å²) in [5, 5.41) is 9.14. The van der Waals surface area contributed by atoms with Crippen molar-refractivity contribution in [1.82, 2.24) is 24.8 Å². The molecule has 1 atom stereocenters. The second-order valence-electron chi connectivity index (χ2n) is 12.2. The summed E-state index contributed by atoms with van der Waals surface area (Å²) >= 11 is 0. The molecule has 0 radical (unpaired) electrons. The predicted octanol–water partition coefficient (Wildman–Crippen LogP) is 6.37. The van der Waals surface area contributed by atoms with Crippen molar-refractivity contribution in [2.45, 2.75) is 31.7 Å². The molecule has 0 unspecified atom stereocenters. The van der Waals surface area contributed by atoms with E-state index in [1.54, 1.807) is 36.7 Å². The quantitative estimate of drug-likeness (QED) is 0.167. The smallest absolute Gasteiger partial charge is 0.277 e. The maximum absolute atomic E-state index is 15.0. The summed E-state index contributed by atoms with van der Waals surface area (Å²) in [6.45, 7) is 1.93. The van der Waals surface area contributed by atoms with E-state index in [-0.39, 0.29) is 43.9 Å². The van der Waals surface area contributed by atoms with Gasteiger partial charge in [0.25, 0.3) is 5.56 Å². The zero-order valence-corrected chi connectivity index (χ0v) is 26.0. The number of fused-ring (bicyclic) bond motifs is 4. The van der Waals surface area contributed by atoms with Gasteiger partial charge in [-0.15, -0.1) is 0 Å². The molecule has 1 aliphatic heterocycles. The standard InChI is InChI=1S/C37H31FN6O4/c1-22(24-8-11-33-29(15-24)28-4-2-3-5-32(28)48-33)42-31-18-41-35(23-6-9-26(10-7-23)37(38)20-47-21-37)44(36(31)46)19-34(45)40-17-27-14-25-16-39-13-12-30(25)43-27/h2-16,18,22,42-43H,17,19-21H2,1H3,(H,40,45)/t22-/m1/s1. The lowest BCUT2D eigenvalue weighted by molar-refractivity contribution is -0.135. The van der Waals surface area contributed by atoms with E-state index in [1.807, 2.05) is 55.5 Å². The number of nitrogens with one attached hydrogen (secondary N) is 3. The van der Waals surface area contributed by atoms with Gasteiger partial charge in [-0.3, -0.25) is 19.1 Å². The summed E-state index contributed by atoms with van der Waals surface area (Å²) in [5.41, 5.74) is 3.63. The lowest BCUT2D eigenvalue weighted by atomic mass is 9.93. The Morgan fingerprint density at radius 1 is 1.02 bits per heavy atom. The van der Waals surface area contributed by atoms with Crippen LogP contribution in [0.1, 0.15) is 29.8 Å². The van der Waals surface area contributed by atoms with Gasteiger partial charge in [-0.1, -0.05) is 48.5 Å². The Morgan fingerprint density at radius 2 is 1.83 bits per heavy atom. The van der Waals surface area contributed by atoms with Crippen molar-refractivity contribution in [1.29, 1.82) is 0 Å². The van der Waals surface area contributed by atoms with Gasteiger partial charge in [-0.25, -0.2) is 9.37 Å². The molecule has 1 fully saturated rings. The average molecular weight is 643 g/mol. The second kappa shape index (κ2) is 11.8. The van der Waals surface area contributed by atoms with Gasteiger partial charge in [0.15, 0.2) is 5.67 Å². The van der Waals surface area contributed by atoms with Crippen molar-refractivity contribution < 1.29 is 18.3 Å². The Labute approximate surface area is 273 Å². The van der Waals surface area contributed by atoms with Crippen molar-refractivity contribution >= 4 is 44.4 Å². The van der Waals surface area contributed by atoms with E-state index in [0.29, 0.717) is 17.0 Å². The van der Waals surface area contributed by atoms with Crippen LogP contribution in [0, 0.1) is 0 Å². The minimum Gasteiger partial charge on any atom is -0.456 e. The zero-order chi connectivity index (χ0) is 32.8. The van der Waals surface area contributed by atoms with Gasteiger partial charge < -0.3 is 24.8 Å². The van der Waals surface area contributed by atoms with Crippen LogP contribution in [0.3, 0.4) is 0 Å². The SMILES string of the molecule is C[C@@H](Nc1cnc(-c2ccc(C3(F)COC3)cc2)n(CC(=O)NCc2cc3cnccc3[nH]2)c1=O)c1ccc2oc3ccccc3c2c1. The van der Waals surface area contributed by atoms with Crippen LogP contribution in [-0.2, 0) is 28.3 Å². The number of ether oxygens (including phenoxy) is 1. The van der Waals surface area contributed by atoms with Gasteiger partial charge >= 0.3 is 0 Å². The number of benzene rings is 3. The van der Waals surface area contributed by atoms with Crippen molar-refractivity contribution in [2.75, 3.05) is 18.5 Å². The normalized spacial score (nSPS) is 14.6. The molecule has 1 aliphatic rings. The molecule has 5 heterocycles. The van der Waals surface area contributed by atoms with E-state index in [2.05, 4.69) is 31.7 Å². The number of carbonyl (C=O) groups excluding carboxylic acids is 1. The number of nitrogens with zero attached hydrogens (tertiary/aromatic N) is 3. The van der Waals surface area contributed by atoms with Crippen LogP contribution in [-0.4, -0.2) is 38.6 Å². The highest BCUT2D eigenvalue weighted by molar-refractivity contribution is 6.05. The molecular weight excluding hydrogens is 611 g/mol. The molecule has 0 spiro atoms. The number of aromatic nitrogens is 4. The minimum absolute atomic E-state index is 0.00463. The molecule has 0 bridgehead atoms. The number of aromatic amines is 1. The number of carbonyl (C=O) groups is 1. The van der Waals surface area contributed by atoms with E-state index in [4.69, 9.17) is 9.15 Å². The van der Waals surface area contributed by atoms with Gasteiger partial charge in [0.1, 0.15) is 29.2 Å². The topological polar surface area (TPSA) is 127 Å². The van der Waals surface area contributed by atoms with Crippen molar-refractivity contribution in [3.8, 4) is 11.4 Å². The largest absolute Gasteiger partial charge is 0.456 e. The summed E-state index contributed by atoms with van der Waals surface area (Å²) < 4.78 is 27.4. The number of anilines is 1. The Balaban J connectivity index is 1.09. The molecule has 0 aliphatic carbocycles. The summed E-state index contributed by atoms with van der Waals surface area (Å²) in [4.78, 5) is 39.4. The van der Waals surface area contributed by atoms with Gasteiger partial charge in [-0.05, 0) is 48.4 Å². The van der Waals surface area contributed by atoms with Crippen LogP contribution in [0.25, 0.3) is 44.2 Å². The van der Waals surface area contributed by atoms with E-state index < -0.39 is 11.2 Å². The number of hydrogen-bond acceptors (Lipinski definition) is 7. The monoisotopic (exact) mass is 642 g/mol. The highest BCUT2D eigenvalue weighted by atomic mass is 19.1. The second-order valence-corrected chi connectivity index (χ2v) is 12.2. The maximum Gasteiger partial charge on any atom is 0.277 e. The van der Waals surface area contributed by atoms with E-state index in [1.165, 1.54) is 10.8 Å². The molecule has 8 rings (SSSR count). The number of rotatable bonds is 9. The van der Waals surface area contributed by atoms with E-state index in [9.17, 15) is 14.0 Å². The lowest BCUT2D eigenvalue weighted by Crippen LogP contribution is -2.42. The molecule has 7 aromatic rings. The number of halogens is 1. The summed E-state index contributed by atoms with van der Waals surface area (Å²) in [6, 6.07) is 24.1. The number of alkyl halides is 1. The van der Waals surface area contributed by atoms with Crippen LogP contribution >= 0.6 is 0 Å². The molecule has 4 aromatic heterocycles. The molecule has 3 aromatic carbocycles. The molecule has 48 heavy (non-hydrogen) atoms. The van der Waals surface area contributed by atoms with Crippen LogP contribution < -0.4 is 16.2 Å². The molecule has 0 saturated carbocycles. The first-order valence-electron chi connectivity index (χ1n) is 15.7. The van der Waals surface area contributed by atoms with Crippen LogP contribution in [0.2, 0.25) is 0 Å².